The summed E-state index contributed by atoms with van der Waals surface area (Å²) in [6.45, 7) is 0. The number of ketones is 1. The van der Waals surface area contributed by atoms with Crippen LogP contribution in [0.5, 0.6) is 0 Å². The molecule has 2 fully saturated rings. The van der Waals surface area contributed by atoms with Gasteiger partial charge in [0.25, 0.3) is 0 Å². The molecule has 2 heteroatoms. The average Bonchev–Trinajstić information content (AvgIpc) is 2.87. The zero-order valence-corrected chi connectivity index (χ0v) is 12.3. The summed E-state index contributed by atoms with van der Waals surface area (Å²) in [4.78, 5) is 12.3. The van der Waals surface area contributed by atoms with Crippen LogP contribution in [0.1, 0.15) is 66.8 Å². The predicted molar refractivity (Wildman–Crippen MR) is 82.1 cm³/mol. The molecule has 0 amide bonds. The summed E-state index contributed by atoms with van der Waals surface area (Å²) in [6, 6.07) is 8.37. The first-order valence-electron chi connectivity index (χ1n) is 7.58. The number of hydrogen-bond donors (Lipinski definition) is 0. The molecule has 0 heterocycles. The molecule has 0 aliphatic heterocycles. The summed E-state index contributed by atoms with van der Waals surface area (Å²) in [6.07, 6.45) is 9.26. The van der Waals surface area contributed by atoms with E-state index in [1.807, 2.05) is 17.8 Å². The molecule has 0 spiro atoms. The maximum Gasteiger partial charge on any atom is 0.172 e. The second-order valence-electron chi connectivity index (χ2n) is 5.89. The van der Waals surface area contributed by atoms with E-state index in [9.17, 15) is 4.79 Å². The van der Waals surface area contributed by atoms with Crippen molar-refractivity contribution in [2.75, 3.05) is 5.75 Å². The summed E-state index contributed by atoms with van der Waals surface area (Å²) in [7, 11) is 0. The molecule has 0 atom stereocenters. The fraction of sp³-hybridized carbons (Fsp3) is 0.588. The van der Waals surface area contributed by atoms with E-state index < -0.39 is 0 Å². The fourth-order valence-corrected chi connectivity index (χ4v) is 4.26. The lowest BCUT2D eigenvalue weighted by atomic mass is 9.79. The van der Waals surface area contributed by atoms with Crippen molar-refractivity contribution >= 4 is 17.5 Å². The second-order valence-corrected chi connectivity index (χ2v) is 7.18. The lowest BCUT2D eigenvalue weighted by molar-refractivity contribution is 0.102. The molecule has 2 saturated carbocycles. The first-order chi connectivity index (χ1) is 9.33. The van der Waals surface area contributed by atoms with Gasteiger partial charge >= 0.3 is 0 Å². The van der Waals surface area contributed by atoms with E-state index in [1.165, 1.54) is 50.5 Å². The Morgan fingerprint density at radius 3 is 2.58 bits per heavy atom. The van der Waals surface area contributed by atoms with Gasteiger partial charge in [0.05, 0.1) is 5.75 Å². The lowest BCUT2D eigenvalue weighted by Gasteiger charge is -2.26. The first-order valence-corrected chi connectivity index (χ1v) is 8.62. The van der Waals surface area contributed by atoms with E-state index in [1.54, 1.807) is 0 Å². The smallest absolute Gasteiger partial charge is 0.172 e. The number of hydrogen-bond acceptors (Lipinski definition) is 2. The summed E-state index contributed by atoms with van der Waals surface area (Å²) in [5.74, 6) is 1.70. The number of Topliss-reactive ketones (excluding diaryl/α,β-unsaturated/α-hetero) is 1. The minimum Gasteiger partial charge on any atom is -0.293 e. The molecule has 19 heavy (non-hydrogen) atoms. The Balaban J connectivity index is 1.58. The van der Waals surface area contributed by atoms with Crippen LogP contribution in [0, 0.1) is 0 Å². The van der Waals surface area contributed by atoms with Gasteiger partial charge in [0.2, 0.25) is 0 Å². The molecule has 0 saturated heterocycles. The van der Waals surface area contributed by atoms with Crippen LogP contribution in [0.4, 0.5) is 0 Å². The molecule has 2 aliphatic rings. The molecule has 0 N–H and O–H groups in total. The molecule has 1 nitrogen and oxygen atoms in total. The van der Waals surface area contributed by atoms with E-state index in [-0.39, 0.29) is 0 Å². The molecular formula is C17H22OS. The third-order valence-electron chi connectivity index (χ3n) is 4.54. The van der Waals surface area contributed by atoms with Gasteiger partial charge in [-0.1, -0.05) is 37.5 Å². The molecule has 0 aromatic heterocycles. The molecule has 2 aliphatic carbocycles. The van der Waals surface area contributed by atoms with Crippen LogP contribution in [-0.4, -0.2) is 16.8 Å². The normalized spacial score (nSPS) is 20.4. The lowest BCUT2D eigenvalue weighted by Crippen LogP contribution is -2.11. The fourth-order valence-electron chi connectivity index (χ4n) is 3.04. The SMILES string of the molecule is O=C(CSC1CCCC1)c1cccc(C2CCC2)c1. The summed E-state index contributed by atoms with van der Waals surface area (Å²) >= 11 is 1.87. The minimum absolute atomic E-state index is 0.318. The third kappa shape index (κ3) is 3.22. The van der Waals surface area contributed by atoms with Gasteiger partial charge in [-0.15, -0.1) is 0 Å². The Labute approximate surface area is 120 Å². The first kappa shape index (κ1) is 13.2. The second kappa shape index (κ2) is 6.13. The zero-order valence-electron chi connectivity index (χ0n) is 11.4. The summed E-state index contributed by atoms with van der Waals surface area (Å²) in [5, 5.41) is 0.735. The van der Waals surface area contributed by atoms with Crippen molar-refractivity contribution < 1.29 is 4.79 Å². The predicted octanol–water partition coefficient (Wildman–Crippen LogP) is 4.81. The number of rotatable bonds is 5. The van der Waals surface area contributed by atoms with E-state index in [4.69, 9.17) is 0 Å². The maximum absolute atomic E-state index is 12.3. The van der Waals surface area contributed by atoms with Crippen molar-refractivity contribution in [1.82, 2.24) is 0 Å². The van der Waals surface area contributed by atoms with Crippen molar-refractivity contribution in [2.24, 2.45) is 0 Å². The number of carbonyl (C=O) groups is 1. The molecule has 0 bridgehead atoms. The van der Waals surface area contributed by atoms with Gasteiger partial charge in [0, 0.05) is 10.8 Å². The highest BCUT2D eigenvalue weighted by molar-refractivity contribution is 8.00. The largest absolute Gasteiger partial charge is 0.293 e. The van der Waals surface area contributed by atoms with Gasteiger partial charge in [0.15, 0.2) is 5.78 Å². The number of thioether (sulfide) groups is 1. The molecule has 1 aromatic rings. The van der Waals surface area contributed by atoms with Gasteiger partial charge < -0.3 is 0 Å². The molecule has 0 unspecified atom stereocenters. The molecule has 0 radical (unpaired) electrons. The van der Waals surface area contributed by atoms with Crippen LogP contribution < -0.4 is 0 Å². The van der Waals surface area contributed by atoms with Crippen LogP contribution in [0.15, 0.2) is 24.3 Å². The quantitative estimate of drug-likeness (QED) is 0.717. The topological polar surface area (TPSA) is 17.1 Å². The monoisotopic (exact) mass is 274 g/mol. The highest BCUT2D eigenvalue weighted by Gasteiger charge is 2.21. The van der Waals surface area contributed by atoms with Gasteiger partial charge in [-0.05, 0) is 43.2 Å². The number of carbonyl (C=O) groups excluding carboxylic acids is 1. The minimum atomic E-state index is 0.318. The average molecular weight is 274 g/mol. The maximum atomic E-state index is 12.3. The van der Waals surface area contributed by atoms with E-state index in [2.05, 4.69) is 18.2 Å². The Morgan fingerprint density at radius 1 is 1.11 bits per heavy atom. The van der Waals surface area contributed by atoms with E-state index >= 15 is 0 Å². The molecule has 1 aromatic carbocycles. The van der Waals surface area contributed by atoms with Crippen LogP contribution in [0.25, 0.3) is 0 Å². The van der Waals surface area contributed by atoms with Gasteiger partial charge in [-0.25, -0.2) is 0 Å². The van der Waals surface area contributed by atoms with Gasteiger partial charge in [0.1, 0.15) is 0 Å². The van der Waals surface area contributed by atoms with Crippen LogP contribution in [0.3, 0.4) is 0 Å². The van der Waals surface area contributed by atoms with E-state index in [0.29, 0.717) is 11.5 Å². The van der Waals surface area contributed by atoms with Crippen LogP contribution >= 0.6 is 11.8 Å². The third-order valence-corrected chi connectivity index (χ3v) is 5.91. The van der Waals surface area contributed by atoms with E-state index in [0.717, 1.165) is 16.7 Å². The highest BCUT2D eigenvalue weighted by Crippen LogP contribution is 2.36. The zero-order chi connectivity index (χ0) is 13.1. The summed E-state index contributed by atoms with van der Waals surface area (Å²) < 4.78 is 0. The van der Waals surface area contributed by atoms with Crippen molar-refractivity contribution in [3.05, 3.63) is 35.4 Å². The van der Waals surface area contributed by atoms with Crippen molar-refractivity contribution in [2.45, 2.75) is 56.1 Å². The molecule has 3 rings (SSSR count). The molecule has 102 valence electrons. The standard InChI is InChI=1S/C17H22OS/c18-17(12-19-16-9-1-2-10-16)15-8-4-7-14(11-15)13-5-3-6-13/h4,7-8,11,13,16H,1-3,5-6,9-10,12H2. The Bertz CT molecular complexity index is 444. The Morgan fingerprint density at radius 2 is 1.89 bits per heavy atom. The van der Waals surface area contributed by atoms with Crippen molar-refractivity contribution in [3.63, 3.8) is 0 Å². The molecular weight excluding hydrogens is 252 g/mol. The van der Waals surface area contributed by atoms with Crippen molar-refractivity contribution in [1.29, 1.82) is 0 Å². The summed E-state index contributed by atoms with van der Waals surface area (Å²) in [5.41, 5.74) is 2.30. The van der Waals surface area contributed by atoms with Crippen LogP contribution in [-0.2, 0) is 0 Å². The van der Waals surface area contributed by atoms with Crippen LogP contribution in [0.2, 0.25) is 0 Å². The Hall–Kier alpha value is -0.760. The van der Waals surface area contributed by atoms with Gasteiger partial charge in [-0.2, -0.15) is 11.8 Å². The Kier molecular flexibility index (Phi) is 4.27. The van der Waals surface area contributed by atoms with Gasteiger partial charge in [-0.3, -0.25) is 4.79 Å². The highest BCUT2D eigenvalue weighted by atomic mass is 32.2. The number of benzene rings is 1. The van der Waals surface area contributed by atoms with Crippen molar-refractivity contribution in [3.8, 4) is 0 Å².